The largest absolute Gasteiger partial charge is 0.459 e. The van der Waals surface area contributed by atoms with E-state index in [1.807, 2.05) is 0 Å². The minimum Gasteiger partial charge on any atom is -0.349 e. The Morgan fingerprint density at radius 2 is 1.73 bits per heavy atom. The molecule has 0 unspecified atom stereocenters. The number of hydrogen-bond acceptors (Lipinski definition) is 3. The predicted octanol–water partition coefficient (Wildman–Crippen LogP) is 5.17. The monoisotopic (exact) mass is 547 g/mol. The van der Waals surface area contributed by atoms with Crippen LogP contribution in [-0.2, 0) is 25.6 Å². The number of halogens is 9. The van der Waals surface area contributed by atoms with Crippen LogP contribution in [0.1, 0.15) is 50.5 Å². The van der Waals surface area contributed by atoms with E-state index in [0.29, 0.717) is 11.5 Å². The third-order valence-corrected chi connectivity index (χ3v) is 5.49. The van der Waals surface area contributed by atoms with Crippen molar-refractivity contribution < 1.29 is 44.7 Å². The van der Waals surface area contributed by atoms with Gasteiger partial charge in [0.1, 0.15) is 11.3 Å². The van der Waals surface area contributed by atoms with Crippen LogP contribution in [0.25, 0.3) is 0 Å². The molecule has 2 aromatic rings. The maximum atomic E-state index is 13.8. The topological polar surface area (TPSA) is 64.0 Å². The van der Waals surface area contributed by atoms with Crippen LogP contribution in [0.15, 0.2) is 22.7 Å². The van der Waals surface area contributed by atoms with Crippen molar-refractivity contribution in [1.82, 2.24) is 15.1 Å². The van der Waals surface area contributed by atoms with Crippen molar-refractivity contribution >= 4 is 27.6 Å². The van der Waals surface area contributed by atoms with Gasteiger partial charge in [-0.1, -0.05) is 6.07 Å². The number of ketones is 1. The van der Waals surface area contributed by atoms with Crippen molar-refractivity contribution in [2.45, 2.75) is 43.6 Å². The van der Waals surface area contributed by atoms with Gasteiger partial charge >= 0.3 is 18.3 Å². The van der Waals surface area contributed by atoms with Gasteiger partial charge < -0.3 is 5.32 Å². The summed E-state index contributed by atoms with van der Waals surface area (Å²) in [5.74, 6) is -7.85. The number of nitrogens with one attached hydrogen (secondary N) is 1. The van der Waals surface area contributed by atoms with E-state index in [9.17, 15) is 44.7 Å². The van der Waals surface area contributed by atoms with E-state index >= 15 is 0 Å². The van der Waals surface area contributed by atoms with Gasteiger partial charge in [-0.3, -0.25) is 14.3 Å². The average Bonchev–Trinajstić information content (AvgIpc) is 3.39. The van der Waals surface area contributed by atoms with Gasteiger partial charge in [0.05, 0.1) is 5.56 Å². The third kappa shape index (κ3) is 5.04. The van der Waals surface area contributed by atoms with Gasteiger partial charge in [0.15, 0.2) is 11.5 Å². The molecule has 180 valence electrons. The van der Waals surface area contributed by atoms with Gasteiger partial charge in [-0.2, -0.15) is 40.2 Å². The molecular weight excluding hydrogens is 534 g/mol. The summed E-state index contributed by atoms with van der Waals surface area (Å²) < 4.78 is 107. The molecule has 1 heterocycles. The van der Waals surface area contributed by atoms with E-state index in [-0.39, 0.29) is 21.9 Å². The maximum absolute atomic E-state index is 13.8. The number of carbonyl (C=O) groups excluding carboxylic acids is 2. The van der Waals surface area contributed by atoms with Crippen molar-refractivity contribution in [3.8, 4) is 0 Å². The third-order valence-electron chi connectivity index (χ3n) is 4.80. The normalized spacial score (nSPS) is 15.0. The zero-order valence-electron chi connectivity index (χ0n) is 16.5. The Bertz CT molecular complexity index is 1100. The van der Waals surface area contributed by atoms with E-state index in [1.54, 1.807) is 0 Å². The first-order valence-electron chi connectivity index (χ1n) is 9.25. The van der Waals surface area contributed by atoms with Gasteiger partial charge in [-0.25, -0.2) is 0 Å². The Kier molecular flexibility index (Phi) is 6.37. The molecule has 14 heteroatoms. The summed E-state index contributed by atoms with van der Waals surface area (Å²) in [5.41, 5.74) is -6.39. The number of aromatic nitrogens is 2. The van der Waals surface area contributed by atoms with Crippen LogP contribution in [0.2, 0.25) is 0 Å². The minimum absolute atomic E-state index is 0.00723. The molecule has 0 aliphatic heterocycles. The van der Waals surface area contributed by atoms with E-state index < -0.39 is 53.3 Å². The molecule has 5 nitrogen and oxygen atoms in total. The van der Waals surface area contributed by atoms with Crippen LogP contribution >= 0.6 is 15.9 Å². The summed E-state index contributed by atoms with van der Waals surface area (Å²) in [6, 6.07) is 3.87. The lowest BCUT2D eigenvalue weighted by atomic mass is 9.99. The number of rotatable bonds is 6. The molecule has 1 saturated carbocycles. The highest BCUT2D eigenvalue weighted by Gasteiger charge is 2.64. The fourth-order valence-electron chi connectivity index (χ4n) is 3.08. The summed E-state index contributed by atoms with van der Waals surface area (Å²) in [6.45, 7) is 0. The van der Waals surface area contributed by atoms with Gasteiger partial charge in [0.25, 0.3) is 5.91 Å². The van der Waals surface area contributed by atoms with Crippen LogP contribution < -0.4 is 5.32 Å². The molecule has 3 rings (SSSR count). The second-order valence-electron chi connectivity index (χ2n) is 7.43. The Labute approximate surface area is 189 Å². The Morgan fingerprint density at radius 1 is 1.12 bits per heavy atom. The highest BCUT2D eigenvalue weighted by Crippen LogP contribution is 2.48. The molecule has 0 spiro atoms. The molecule has 1 aliphatic rings. The van der Waals surface area contributed by atoms with Gasteiger partial charge in [0, 0.05) is 24.0 Å². The quantitative estimate of drug-likeness (QED) is 0.400. The highest BCUT2D eigenvalue weighted by atomic mass is 79.9. The molecule has 0 atom stereocenters. The molecule has 1 fully saturated rings. The number of Topliss-reactive ketones (excluding diaryl/α,β-unsaturated/α-hetero) is 1. The number of nitrogens with zero attached hydrogens (tertiary/aromatic N) is 2. The smallest absolute Gasteiger partial charge is 0.349 e. The fraction of sp³-hybridized carbons (Fsp3) is 0.421. The van der Waals surface area contributed by atoms with Crippen LogP contribution in [-0.4, -0.2) is 33.7 Å². The first-order chi connectivity index (χ1) is 15.0. The lowest BCUT2D eigenvalue weighted by Gasteiger charge is -2.19. The second kappa shape index (κ2) is 8.37. The molecular formula is C19H14BrF8N3O2. The maximum Gasteiger partial charge on any atom is 0.459 e. The van der Waals surface area contributed by atoms with Crippen LogP contribution in [0, 0.1) is 0 Å². The second-order valence-corrected chi connectivity index (χ2v) is 8.28. The molecule has 33 heavy (non-hydrogen) atoms. The van der Waals surface area contributed by atoms with Crippen LogP contribution in [0.4, 0.5) is 35.1 Å². The number of hydrogen-bond donors (Lipinski definition) is 1. The first-order valence-corrected chi connectivity index (χ1v) is 10.0. The summed E-state index contributed by atoms with van der Waals surface area (Å²) in [7, 11) is 0.661. The summed E-state index contributed by atoms with van der Waals surface area (Å²) in [6.07, 6.45) is -11.3. The molecule has 0 saturated heterocycles. The fourth-order valence-corrected chi connectivity index (χ4v) is 3.51. The van der Waals surface area contributed by atoms with Crippen molar-refractivity contribution in [2.75, 3.05) is 0 Å². The lowest BCUT2D eigenvalue weighted by Crippen LogP contribution is -2.36. The molecule has 1 aromatic carbocycles. The number of alkyl halides is 8. The number of carbonyl (C=O) groups is 2. The molecule has 1 aliphatic carbocycles. The van der Waals surface area contributed by atoms with Gasteiger partial charge in [0.2, 0.25) is 0 Å². The Hall–Kier alpha value is -2.51. The molecule has 1 N–H and O–H groups in total. The predicted molar refractivity (Wildman–Crippen MR) is 101 cm³/mol. The number of benzene rings is 1. The average molecular weight is 548 g/mol. The summed E-state index contributed by atoms with van der Waals surface area (Å²) in [4.78, 5) is 24.9. The molecule has 1 amide bonds. The number of aryl methyl sites for hydroxylation is 1. The minimum atomic E-state index is -6.36. The lowest BCUT2D eigenvalue weighted by molar-refractivity contribution is -0.292. The van der Waals surface area contributed by atoms with Crippen molar-refractivity contribution in [2.24, 2.45) is 7.05 Å². The summed E-state index contributed by atoms with van der Waals surface area (Å²) >= 11 is 3.15. The van der Waals surface area contributed by atoms with E-state index in [0.717, 1.165) is 12.8 Å². The Balaban J connectivity index is 2.00. The SMILES string of the molecule is Cn1nc(C(F)(F)C(F)(F)F)c(C(F)(F)F)c1C(=O)Cc1ccc(Br)c(C(=O)NC2CC2)c1. The van der Waals surface area contributed by atoms with Crippen molar-refractivity contribution in [3.05, 3.63) is 50.8 Å². The first kappa shape index (κ1) is 25.1. The van der Waals surface area contributed by atoms with E-state index in [2.05, 4.69) is 26.3 Å². The van der Waals surface area contributed by atoms with Crippen LogP contribution in [0.5, 0.6) is 0 Å². The molecule has 0 radical (unpaired) electrons. The highest BCUT2D eigenvalue weighted by molar-refractivity contribution is 9.10. The number of amides is 1. The van der Waals surface area contributed by atoms with E-state index in [4.69, 9.17) is 0 Å². The van der Waals surface area contributed by atoms with Gasteiger partial charge in [-0.15, -0.1) is 0 Å². The summed E-state index contributed by atoms with van der Waals surface area (Å²) in [5, 5.41) is 5.40. The zero-order valence-corrected chi connectivity index (χ0v) is 18.1. The molecule has 0 bridgehead atoms. The van der Waals surface area contributed by atoms with Crippen molar-refractivity contribution in [1.29, 1.82) is 0 Å². The van der Waals surface area contributed by atoms with Crippen molar-refractivity contribution in [3.63, 3.8) is 0 Å². The van der Waals surface area contributed by atoms with Crippen LogP contribution in [0.3, 0.4) is 0 Å². The zero-order chi connectivity index (χ0) is 24.9. The van der Waals surface area contributed by atoms with Gasteiger partial charge in [-0.05, 0) is 46.5 Å². The Morgan fingerprint density at radius 3 is 2.24 bits per heavy atom. The molecule has 1 aromatic heterocycles. The standard InChI is InChI=1S/C19H14BrF8N3O2/c1-31-14(13(18(23,24)25)15(30-31)17(21,22)19(26,27)28)12(32)7-8-2-5-11(20)10(6-8)16(33)29-9-3-4-9/h2,5-6,9H,3-4,7H2,1H3,(H,29,33). The van der Waals surface area contributed by atoms with E-state index in [1.165, 1.54) is 18.2 Å².